The van der Waals surface area contributed by atoms with Crippen LogP contribution in [0.2, 0.25) is 0 Å². The number of sulfonamides is 1. The van der Waals surface area contributed by atoms with Gasteiger partial charge in [-0.3, -0.25) is 0 Å². The number of aliphatic hydroxyl groups is 1. The normalized spacial score (nSPS) is 11.6. The van der Waals surface area contributed by atoms with Gasteiger partial charge < -0.3 is 10.8 Å². The number of nitrogens with one attached hydrogen (secondary N) is 1. The molecule has 0 aromatic heterocycles. The van der Waals surface area contributed by atoms with Crippen molar-refractivity contribution >= 4 is 15.7 Å². The summed E-state index contributed by atoms with van der Waals surface area (Å²) >= 11 is 0. The quantitative estimate of drug-likeness (QED) is 0.622. The van der Waals surface area contributed by atoms with Crippen LogP contribution in [-0.4, -0.2) is 26.7 Å². The summed E-state index contributed by atoms with van der Waals surface area (Å²) in [6.07, 6.45) is 0. The molecule has 0 radical (unpaired) electrons. The SMILES string of the molecule is Nc1ccc(F)cc1S(=O)(=O)NCCO. The van der Waals surface area contributed by atoms with Crippen molar-refractivity contribution in [3.05, 3.63) is 24.0 Å². The van der Waals surface area contributed by atoms with Gasteiger partial charge in [-0.2, -0.15) is 0 Å². The van der Waals surface area contributed by atoms with Crippen molar-refractivity contribution < 1.29 is 17.9 Å². The average molecular weight is 234 g/mol. The molecule has 0 bridgehead atoms. The summed E-state index contributed by atoms with van der Waals surface area (Å²) in [6.45, 7) is -0.479. The van der Waals surface area contributed by atoms with E-state index in [1.54, 1.807) is 0 Å². The maximum Gasteiger partial charge on any atom is 0.242 e. The third-order valence-corrected chi connectivity index (χ3v) is 3.19. The van der Waals surface area contributed by atoms with Crippen molar-refractivity contribution in [1.82, 2.24) is 4.72 Å². The number of aliphatic hydroxyl groups excluding tert-OH is 1. The molecule has 0 atom stereocenters. The zero-order chi connectivity index (χ0) is 11.5. The number of nitrogen functional groups attached to an aromatic ring is 1. The Balaban J connectivity index is 3.09. The molecule has 1 aromatic carbocycles. The van der Waals surface area contributed by atoms with Crippen LogP contribution in [0.4, 0.5) is 10.1 Å². The first-order valence-electron chi connectivity index (χ1n) is 4.13. The Kier molecular flexibility index (Phi) is 3.61. The summed E-state index contributed by atoms with van der Waals surface area (Å²) in [7, 11) is -3.85. The minimum absolute atomic E-state index is 0.0400. The van der Waals surface area contributed by atoms with Gasteiger partial charge in [0.15, 0.2) is 0 Å². The van der Waals surface area contributed by atoms with E-state index in [0.29, 0.717) is 0 Å². The lowest BCUT2D eigenvalue weighted by atomic mass is 10.3. The number of anilines is 1. The van der Waals surface area contributed by atoms with Crippen LogP contribution in [0.5, 0.6) is 0 Å². The predicted molar refractivity (Wildman–Crippen MR) is 53.1 cm³/mol. The van der Waals surface area contributed by atoms with Crippen LogP contribution < -0.4 is 10.5 Å². The fraction of sp³-hybridized carbons (Fsp3) is 0.250. The van der Waals surface area contributed by atoms with Gasteiger partial charge in [-0.15, -0.1) is 0 Å². The second-order valence-corrected chi connectivity index (χ2v) is 4.54. The van der Waals surface area contributed by atoms with E-state index in [1.807, 2.05) is 0 Å². The van der Waals surface area contributed by atoms with Gasteiger partial charge in [0, 0.05) is 6.54 Å². The van der Waals surface area contributed by atoms with E-state index in [9.17, 15) is 12.8 Å². The molecule has 4 N–H and O–H groups in total. The van der Waals surface area contributed by atoms with Gasteiger partial charge in [-0.25, -0.2) is 17.5 Å². The molecule has 0 aliphatic carbocycles. The molecule has 1 aromatic rings. The Morgan fingerprint density at radius 1 is 1.47 bits per heavy atom. The number of hydrogen-bond donors (Lipinski definition) is 3. The highest BCUT2D eigenvalue weighted by molar-refractivity contribution is 7.89. The van der Waals surface area contributed by atoms with Crippen molar-refractivity contribution in [2.45, 2.75) is 4.90 Å². The highest BCUT2D eigenvalue weighted by Crippen LogP contribution is 2.18. The lowest BCUT2D eigenvalue weighted by Gasteiger charge is -2.07. The van der Waals surface area contributed by atoms with Crippen molar-refractivity contribution in [2.75, 3.05) is 18.9 Å². The van der Waals surface area contributed by atoms with Crippen LogP contribution in [0.3, 0.4) is 0 Å². The van der Waals surface area contributed by atoms with E-state index in [1.165, 1.54) is 6.07 Å². The van der Waals surface area contributed by atoms with Crippen LogP contribution in [0.15, 0.2) is 23.1 Å². The van der Waals surface area contributed by atoms with Crippen LogP contribution in [0.25, 0.3) is 0 Å². The molecule has 0 aliphatic rings. The fourth-order valence-corrected chi connectivity index (χ4v) is 2.16. The second-order valence-electron chi connectivity index (χ2n) is 2.80. The Morgan fingerprint density at radius 2 is 2.13 bits per heavy atom. The Labute approximate surface area is 86.8 Å². The van der Waals surface area contributed by atoms with Gasteiger partial charge in [0.05, 0.1) is 12.3 Å². The second kappa shape index (κ2) is 4.56. The zero-order valence-electron chi connectivity index (χ0n) is 7.77. The molecule has 5 nitrogen and oxygen atoms in total. The third kappa shape index (κ3) is 2.88. The first-order valence-corrected chi connectivity index (χ1v) is 5.61. The summed E-state index contributed by atoms with van der Waals surface area (Å²) in [5.41, 5.74) is 5.36. The Morgan fingerprint density at radius 3 is 2.73 bits per heavy atom. The van der Waals surface area contributed by atoms with Gasteiger partial charge >= 0.3 is 0 Å². The minimum atomic E-state index is -3.85. The first kappa shape index (κ1) is 11.9. The van der Waals surface area contributed by atoms with E-state index in [2.05, 4.69) is 4.72 Å². The summed E-state index contributed by atoms with van der Waals surface area (Å²) in [4.78, 5) is -0.323. The van der Waals surface area contributed by atoms with Crippen LogP contribution in [0, 0.1) is 5.82 Å². The van der Waals surface area contributed by atoms with Gasteiger partial charge in [0.2, 0.25) is 10.0 Å². The molecule has 0 saturated heterocycles. The van der Waals surface area contributed by atoms with Crippen molar-refractivity contribution in [3.63, 3.8) is 0 Å². The van der Waals surface area contributed by atoms with E-state index in [4.69, 9.17) is 10.8 Å². The molecule has 7 heteroatoms. The Hall–Kier alpha value is -1.18. The van der Waals surface area contributed by atoms with Gasteiger partial charge in [0.25, 0.3) is 0 Å². The molecule has 84 valence electrons. The van der Waals surface area contributed by atoms with Crippen molar-refractivity contribution in [2.24, 2.45) is 0 Å². The number of benzene rings is 1. The molecule has 0 spiro atoms. The fourth-order valence-electron chi connectivity index (χ4n) is 0.999. The maximum atomic E-state index is 12.8. The summed E-state index contributed by atoms with van der Waals surface area (Å²) < 4.78 is 37.9. The minimum Gasteiger partial charge on any atom is -0.398 e. The van der Waals surface area contributed by atoms with Crippen LogP contribution in [0.1, 0.15) is 0 Å². The highest BCUT2D eigenvalue weighted by Gasteiger charge is 2.17. The molecule has 15 heavy (non-hydrogen) atoms. The zero-order valence-corrected chi connectivity index (χ0v) is 8.59. The number of halogens is 1. The van der Waals surface area contributed by atoms with E-state index < -0.39 is 15.8 Å². The lowest BCUT2D eigenvalue weighted by Crippen LogP contribution is -2.27. The Bertz CT molecular complexity index is 447. The topological polar surface area (TPSA) is 92.4 Å². The summed E-state index contributed by atoms with van der Waals surface area (Å²) in [6, 6.07) is 3.07. The molecule has 1 rings (SSSR count). The molecule has 0 aliphatic heterocycles. The average Bonchev–Trinajstić information content (AvgIpc) is 2.18. The first-order chi connectivity index (χ1) is 6.97. The highest BCUT2D eigenvalue weighted by atomic mass is 32.2. The van der Waals surface area contributed by atoms with Gasteiger partial charge in [0.1, 0.15) is 10.7 Å². The molecular formula is C8H11FN2O3S. The van der Waals surface area contributed by atoms with E-state index >= 15 is 0 Å². The van der Waals surface area contributed by atoms with Gasteiger partial charge in [-0.05, 0) is 18.2 Å². The standard InChI is InChI=1S/C8H11FN2O3S/c9-6-1-2-7(10)8(5-6)15(13,14)11-3-4-12/h1-2,5,11-12H,3-4,10H2. The summed E-state index contributed by atoms with van der Waals surface area (Å²) in [5.74, 6) is -0.687. The third-order valence-electron chi connectivity index (χ3n) is 1.67. The molecule has 0 unspecified atom stereocenters. The smallest absolute Gasteiger partial charge is 0.242 e. The van der Waals surface area contributed by atoms with Crippen molar-refractivity contribution in [1.29, 1.82) is 0 Å². The van der Waals surface area contributed by atoms with E-state index in [-0.39, 0.29) is 23.7 Å². The van der Waals surface area contributed by atoms with Crippen LogP contribution >= 0.6 is 0 Å². The van der Waals surface area contributed by atoms with E-state index in [0.717, 1.165) is 12.1 Å². The number of rotatable bonds is 4. The number of hydrogen-bond acceptors (Lipinski definition) is 4. The van der Waals surface area contributed by atoms with Crippen molar-refractivity contribution in [3.8, 4) is 0 Å². The molecule has 0 saturated carbocycles. The monoisotopic (exact) mass is 234 g/mol. The van der Waals surface area contributed by atoms with Crippen LogP contribution in [-0.2, 0) is 10.0 Å². The maximum absolute atomic E-state index is 12.8. The lowest BCUT2D eigenvalue weighted by molar-refractivity contribution is 0.301. The summed E-state index contributed by atoms with van der Waals surface area (Å²) in [5, 5.41) is 8.47. The number of nitrogens with two attached hydrogens (primary N) is 1. The van der Waals surface area contributed by atoms with Gasteiger partial charge in [-0.1, -0.05) is 0 Å². The molecule has 0 heterocycles. The molecular weight excluding hydrogens is 223 g/mol. The largest absolute Gasteiger partial charge is 0.398 e. The molecule has 0 fully saturated rings. The molecule has 0 amide bonds. The predicted octanol–water partition coefficient (Wildman–Crippen LogP) is -0.322.